The van der Waals surface area contributed by atoms with Gasteiger partial charge in [0.2, 0.25) is 0 Å². The highest BCUT2D eigenvalue weighted by atomic mass is 16.5. The Kier molecular flexibility index (Phi) is 6.23. The molecular formula is C18H23NO5. The second kappa shape index (κ2) is 8.38. The van der Waals surface area contributed by atoms with Crippen molar-refractivity contribution >= 4 is 18.0 Å². The Morgan fingerprint density at radius 1 is 1.33 bits per heavy atom. The van der Waals surface area contributed by atoms with Gasteiger partial charge in [-0.25, -0.2) is 4.79 Å². The molecule has 1 fully saturated rings. The van der Waals surface area contributed by atoms with Crippen LogP contribution in [0.5, 0.6) is 11.5 Å². The highest BCUT2D eigenvalue weighted by molar-refractivity contribution is 5.90. The molecule has 0 bridgehead atoms. The molecule has 130 valence electrons. The molecule has 0 aromatic heterocycles. The molecule has 1 N–H and O–H groups in total. The van der Waals surface area contributed by atoms with Crippen LogP contribution in [0.25, 0.3) is 6.08 Å². The van der Waals surface area contributed by atoms with E-state index in [1.807, 2.05) is 6.92 Å². The van der Waals surface area contributed by atoms with E-state index in [4.69, 9.17) is 14.2 Å². The fourth-order valence-corrected chi connectivity index (χ4v) is 2.04. The third-order valence-electron chi connectivity index (χ3n) is 3.49. The summed E-state index contributed by atoms with van der Waals surface area (Å²) in [5, 5.41) is 2.80. The largest absolute Gasteiger partial charge is 0.493 e. The quantitative estimate of drug-likeness (QED) is 0.584. The van der Waals surface area contributed by atoms with Gasteiger partial charge in [-0.1, -0.05) is 6.07 Å². The van der Waals surface area contributed by atoms with Crippen LogP contribution in [0.4, 0.5) is 0 Å². The number of benzene rings is 1. The molecule has 1 aliphatic carbocycles. The van der Waals surface area contributed by atoms with Crippen LogP contribution in [0.3, 0.4) is 0 Å². The van der Waals surface area contributed by atoms with Gasteiger partial charge in [0.1, 0.15) is 0 Å². The van der Waals surface area contributed by atoms with Gasteiger partial charge in [0.25, 0.3) is 5.91 Å². The summed E-state index contributed by atoms with van der Waals surface area (Å²) in [6.45, 7) is 3.99. The second-order valence-electron chi connectivity index (χ2n) is 5.54. The molecule has 0 saturated heterocycles. The van der Waals surface area contributed by atoms with Crippen molar-refractivity contribution in [2.24, 2.45) is 0 Å². The molecule has 0 unspecified atom stereocenters. The number of hydrogen-bond donors (Lipinski definition) is 1. The SMILES string of the molecule is CCOc1ccc(/C=C/C(=O)O[C@H](C)C(=O)NC2CC2)cc1OC. The maximum atomic E-state index is 11.8. The molecule has 0 aliphatic heterocycles. The number of esters is 1. The van der Waals surface area contributed by atoms with Crippen LogP contribution in [-0.2, 0) is 14.3 Å². The number of ether oxygens (including phenoxy) is 3. The van der Waals surface area contributed by atoms with Crippen LogP contribution < -0.4 is 14.8 Å². The van der Waals surface area contributed by atoms with Crippen LogP contribution in [0.2, 0.25) is 0 Å². The number of methoxy groups -OCH3 is 1. The van der Waals surface area contributed by atoms with Gasteiger partial charge < -0.3 is 19.5 Å². The Morgan fingerprint density at radius 3 is 2.71 bits per heavy atom. The summed E-state index contributed by atoms with van der Waals surface area (Å²) in [7, 11) is 1.56. The summed E-state index contributed by atoms with van der Waals surface area (Å²) in [4.78, 5) is 23.6. The molecule has 0 radical (unpaired) electrons. The predicted octanol–water partition coefficient (Wildman–Crippen LogP) is 2.32. The summed E-state index contributed by atoms with van der Waals surface area (Å²) in [5.74, 6) is 0.401. The topological polar surface area (TPSA) is 73.9 Å². The number of hydrogen-bond acceptors (Lipinski definition) is 5. The molecule has 0 heterocycles. The lowest BCUT2D eigenvalue weighted by Crippen LogP contribution is -2.36. The van der Waals surface area contributed by atoms with Gasteiger partial charge >= 0.3 is 5.97 Å². The fraction of sp³-hybridized carbons (Fsp3) is 0.444. The molecule has 1 saturated carbocycles. The van der Waals surface area contributed by atoms with E-state index in [2.05, 4.69) is 5.32 Å². The van der Waals surface area contributed by atoms with E-state index in [0.717, 1.165) is 18.4 Å². The van der Waals surface area contributed by atoms with Gasteiger partial charge in [0, 0.05) is 12.1 Å². The molecule has 1 aliphatic rings. The highest BCUT2D eigenvalue weighted by Crippen LogP contribution is 2.28. The molecule has 1 atom stereocenters. The average Bonchev–Trinajstić information content (AvgIpc) is 3.38. The molecular weight excluding hydrogens is 310 g/mol. The van der Waals surface area contributed by atoms with Crippen molar-refractivity contribution in [1.82, 2.24) is 5.32 Å². The van der Waals surface area contributed by atoms with E-state index in [1.54, 1.807) is 38.3 Å². The summed E-state index contributed by atoms with van der Waals surface area (Å²) >= 11 is 0. The Labute approximate surface area is 141 Å². The van der Waals surface area contributed by atoms with Gasteiger partial charge in [-0.3, -0.25) is 4.79 Å². The zero-order valence-electron chi connectivity index (χ0n) is 14.2. The first-order chi connectivity index (χ1) is 11.5. The first-order valence-corrected chi connectivity index (χ1v) is 8.03. The minimum atomic E-state index is -0.808. The van der Waals surface area contributed by atoms with Crippen molar-refractivity contribution in [3.63, 3.8) is 0 Å². The maximum absolute atomic E-state index is 11.8. The van der Waals surface area contributed by atoms with E-state index < -0.39 is 12.1 Å². The van der Waals surface area contributed by atoms with Crippen molar-refractivity contribution in [2.45, 2.75) is 38.8 Å². The molecule has 24 heavy (non-hydrogen) atoms. The van der Waals surface area contributed by atoms with E-state index >= 15 is 0 Å². The summed E-state index contributed by atoms with van der Waals surface area (Å²) in [5.41, 5.74) is 0.766. The van der Waals surface area contributed by atoms with E-state index in [9.17, 15) is 9.59 Å². The van der Waals surface area contributed by atoms with Crippen LogP contribution in [0, 0.1) is 0 Å². The van der Waals surface area contributed by atoms with Crippen LogP contribution in [-0.4, -0.2) is 37.7 Å². The van der Waals surface area contributed by atoms with Crippen molar-refractivity contribution < 1.29 is 23.8 Å². The molecule has 0 spiro atoms. The Bertz CT molecular complexity index is 622. The van der Waals surface area contributed by atoms with Crippen LogP contribution >= 0.6 is 0 Å². The Morgan fingerprint density at radius 2 is 2.08 bits per heavy atom. The van der Waals surface area contributed by atoms with Gasteiger partial charge in [-0.15, -0.1) is 0 Å². The van der Waals surface area contributed by atoms with Gasteiger partial charge in [0.15, 0.2) is 17.6 Å². The smallest absolute Gasteiger partial charge is 0.331 e. The van der Waals surface area contributed by atoms with Crippen molar-refractivity contribution in [1.29, 1.82) is 0 Å². The van der Waals surface area contributed by atoms with Crippen molar-refractivity contribution in [3.05, 3.63) is 29.8 Å². The Hall–Kier alpha value is -2.50. The predicted molar refractivity (Wildman–Crippen MR) is 89.9 cm³/mol. The summed E-state index contributed by atoms with van der Waals surface area (Å²) in [6, 6.07) is 5.59. The van der Waals surface area contributed by atoms with Gasteiger partial charge in [-0.05, 0) is 50.5 Å². The minimum absolute atomic E-state index is 0.241. The Balaban J connectivity index is 1.91. The molecule has 6 nitrogen and oxygen atoms in total. The van der Waals surface area contributed by atoms with E-state index in [0.29, 0.717) is 18.1 Å². The van der Waals surface area contributed by atoms with Crippen LogP contribution in [0.15, 0.2) is 24.3 Å². The lowest BCUT2D eigenvalue weighted by molar-refractivity contribution is -0.150. The number of nitrogens with one attached hydrogen (secondary N) is 1. The standard InChI is InChI=1S/C18H23NO5/c1-4-23-15-9-5-13(11-16(15)22-3)6-10-17(20)24-12(2)18(21)19-14-7-8-14/h5-6,9-12,14H,4,7-8H2,1-3H3,(H,19,21)/b10-6+/t12-/m1/s1. The lowest BCUT2D eigenvalue weighted by atomic mass is 10.2. The molecule has 1 aromatic carbocycles. The van der Waals surface area contributed by atoms with Crippen LogP contribution in [0.1, 0.15) is 32.3 Å². The normalized spacial score (nSPS) is 15.0. The minimum Gasteiger partial charge on any atom is -0.493 e. The second-order valence-corrected chi connectivity index (χ2v) is 5.54. The monoisotopic (exact) mass is 333 g/mol. The third-order valence-corrected chi connectivity index (χ3v) is 3.49. The van der Waals surface area contributed by atoms with Crippen molar-refractivity contribution in [3.8, 4) is 11.5 Å². The van der Waals surface area contributed by atoms with Crippen molar-refractivity contribution in [2.75, 3.05) is 13.7 Å². The zero-order chi connectivity index (χ0) is 17.5. The maximum Gasteiger partial charge on any atom is 0.331 e. The van der Waals surface area contributed by atoms with E-state index in [-0.39, 0.29) is 11.9 Å². The first-order valence-electron chi connectivity index (χ1n) is 8.03. The number of rotatable bonds is 8. The first kappa shape index (κ1) is 17.8. The summed E-state index contributed by atoms with van der Waals surface area (Å²) < 4.78 is 15.8. The van der Waals surface area contributed by atoms with Gasteiger partial charge in [-0.2, -0.15) is 0 Å². The lowest BCUT2D eigenvalue weighted by Gasteiger charge is -2.11. The molecule has 1 aromatic rings. The number of carbonyl (C=O) groups excluding carboxylic acids is 2. The molecule has 2 rings (SSSR count). The van der Waals surface area contributed by atoms with Gasteiger partial charge in [0.05, 0.1) is 13.7 Å². The third kappa shape index (κ3) is 5.30. The fourth-order valence-electron chi connectivity index (χ4n) is 2.04. The highest BCUT2D eigenvalue weighted by Gasteiger charge is 2.26. The molecule has 6 heteroatoms. The molecule has 1 amide bonds. The number of amides is 1. The average molecular weight is 333 g/mol. The number of carbonyl (C=O) groups is 2. The zero-order valence-corrected chi connectivity index (χ0v) is 14.2. The van der Waals surface area contributed by atoms with E-state index in [1.165, 1.54) is 6.08 Å². The summed E-state index contributed by atoms with van der Waals surface area (Å²) in [6.07, 6.45) is 4.07.